The van der Waals surface area contributed by atoms with Gasteiger partial charge >= 0.3 is 0 Å². The zero-order chi connectivity index (χ0) is 23.8. The minimum Gasteiger partial charge on any atom is -0.507 e. The Morgan fingerprint density at radius 3 is 2.53 bits per heavy atom. The molecule has 1 atom stereocenters. The first-order valence-corrected chi connectivity index (χ1v) is 12.0. The van der Waals surface area contributed by atoms with Gasteiger partial charge in [0.15, 0.2) is 0 Å². The second kappa shape index (κ2) is 12.0. The summed E-state index contributed by atoms with van der Waals surface area (Å²) in [5.41, 5.74) is 5.68. The number of benzene rings is 1. The molecule has 0 saturated heterocycles. The summed E-state index contributed by atoms with van der Waals surface area (Å²) in [7, 11) is 1.72. The molecule has 2 rings (SSSR count). The Balaban J connectivity index is 2.64. The van der Waals surface area contributed by atoms with Crippen molar-refractivity contribution >= 4 is 17.8 Å². The van der Waals surface area contributed by atoms with E-state index >= 15 is 0 Å². The molecular weight excluding hydrogens is 418 g/mol. The summed E-state index contributed by atoms with van der Waals surface area (Å²) in [6.07, 6.45) is 6.35. The molecule has 0 aliphatic heterocycles. The largest absolute Gasteiger partial charge is 0.507 e. The number of unbranched alkanes of at least 4 members (excludes halogenated alkanes) is 1. The van der Waals surface area contributed by atoms with Crippen molar-refractivity contribution in [1.82, 2.24) is 15.1 Å². The van der Waals surface area contributed by atoms with Crippen LogP contribution in [0.5, 0.6) is 5.75 Å². The van der Waals surface area contributed by atoms with E-state index in [0.717, 1.165) is 71.6 Å². The SMILES string of the molecule is CCCCN(C(/C=C(\C)c1c(-c2cc(CC)ccc2O)[nH][nH]c1=S)=C(/C)OC)C(C)CC. The molecule has 0 spiro atoms. The maximum Gasteiger partial charge on any atom is 0.127 e. The smallest absolute Gasteiger partial charge is 0.127 e. The number of H-pyrrole nitrogens is 2. The van der Waals surface area contributed by atoms with E-state index in [9.17, 15) is 5.11 Å². The molecular formula is C26H39N3O2S. The van der Waals surface area contributed by atoms with Crippen molar-refractivity contribution in [2.45, 2.75) is 73.3 Å². The summed E-state index contributed by atoms with van der Waals surface area (Å²) in [4.78, 5) is 2.43. The highest BCUT2D eigenvalue weighted by atomic mass is 32.1. The fourth-order valence-corrected chi connectivity index (χ4v) is 4.15. The van der Waals surface area contributed by atoms with Crippen molar-refractivity contribution in [3.63, 3.8) is 0 Å². The Morgan fingerprint density at radius 1 is 1.22 bits per heavy atom. The molecule has 32 heavy (non-hydrogen) atoms. The predicted molar refractivity (Wildman–Crippen MR) is 137 cm³/mol. The minimum absolute atomic E-state index is 0.231. The van der Waals surface area contributed by atoms with Crippen molar-refractivity contribution < 1.29 is 9.84 Å². The molecule has 0 fully saturated rings. The fourth-order valence-electron chi connectivity index (χ4n) is 3.84. The van der Waals surface area contributed by atoms with Gasteiger partial charge in [-0.05, 0) is 69.4 Å². The molecule has 0 bridgehead atoms. The van der Waals surface area contributed by atoms with E-state index in [1.165, 1.54) is 0 Å². The molecule has 6 heteroatoms. The third-order valence-electron chi connectivity index (χ3n) is 6.12. The number of phenols is 1. The standard InChI is InChI=1S/C26H39N3O2S/c1-8-11-14-29(18(5)9-2)22(19(6)31-7)15-17(4)24-25(27-28-26(24)32)21-16-20(10-3)12-13-23(21)30/h12-13,15-16,18,30H,8-11,14H2,1-7H3,(H2,27,28,32)/b17-15+,22-19-. The van der Waals surface area contributed by atoms with Crippen molar-refractivity contribution in [2.24, 2.45) is 0 Å². The molecule has 0 aliphatic rings. The lowest BCUT2D eigenvalue weighted by Gasteiger charge is -2.33. The third-order valence-corrected chi connectivity index (χ3v) is 6.42. The highest BCUT2D eigenvalue weighted by Gasteiger charge is 2.20. The van der Waals surface area contributed by atoms with Gasteiger partial charge in [-0.1, -0.05) is 45.5 Å². The summed E-state index contributed by atoms with van der Waals surface area (Å²) < 4.78 is 6.31. The molecule has 2 aromatic rings. The third kappa shape index (κ3) is 5.85. The van der Waals surface area contributed by atoms with Crippen LogP contribution in [-0.4, -0.2) is 39.9 Å². The van der Waals surface area contributed by atoms with E-state index in [-0.39, 0.29) is 5.75 Å². The molecule has 0 amide bonds. The van der Waals surface area contributed by atoms with Crippen LogP contribution in [0.25, 0.3) is 16.8 Å². The van der Waals surface area contributed by atoms with E-state index < -0.39 is 0 Å². The van der Waals surface area contributed by atoms with Gasteiger partial charge in [-0.3, -0.25) is 10.2 Å². The van der Waals surface area contributed by atoms with Crippen LogP contribution < -0.4 is 0 Å². The number of aromatic amines is 2. The van der Waals surface area contributed by atoms with Crippen LogP contribution in [0.3, 0.4) is 0 Å². The van der Waals surface area contributed by atoms with Gasteiger partial charge in [-0.2, -0.15) is 0 Å². The number of rotatable bonds is 11. The number of aromatic nitrogens is 2. The number of nitrogens with one attached hydrogen (secondary N) is 2. The van der Waals surface area contributed by atoms with Crippen LogP contribution in [0, 0.1) is 4.64 Å². The molecule has 1 aromatic carbocycles. The summed E-state index contributed by atoms with van der Waals surface area (Å²) in [6, 6.07) is 6.10. The first kappa shape index (κ1) is 25.8. The summed E-state index contributed by atoms with van der Waals surface area (Å²) >= 11 is 5.64. The van der Waals surface area contributed by atoms with E-state index in [2.05, 4.69) is 55.8 Å². The van der Waals surface area contributed by atoms with Gasteiger partial charge in [0.1, 0.15) is 16.1 Å². The first-order chi connectivity index (χ1) is 15.3. The number of nitrogens with zero attached hydrogens (tertiary/aromatic N) is 1. The van der Waals surface area contributed by atoms with Gasteiger partial charge in [0.2, 0.25) is 0 Å². The molecule has 1 aromatic heterocycles. The van der Waals surface area contributed by atoms with Crippen molar-refractivity contribution in [3.05, 3.63) is 51.5 Å². The summed E-state index contributed by atoms with van der Waals surface area (Å²) in [6.45, 7) is 13.8. The van der Waals surface area contributed by atoms with Crippen molar-refractivity contribution in [2.75, 3.05) is 13.7 Å². The minimum atomic E-state index is 0.231. The highest BCUT2D eigenvalue weighted by Crippen LogP contribution is 2.35. The molecule has 176 valence electrons. The number of methoxy groups -OCH3 is 1. The van der Waals surface area contributed by atoms with E-state index in [0.29, 0.717) is 10.7 Å². The monoisotopic (exact) mass is 457 g/mol. The predicted octanol–water partition coefficient (Wildman–Crippen LogP) is 7.19. The molecule has 1 unspecified atom stereocenters. The normalized spacial score (nSPS) is 13.7. The Morgan fingerprint density at radius 2 is 1.94 bits per heavy atom. The van der Waals surface area contributed by atoms with Crippen molar-refractivity contribution in [1.29, 1.82) is 0 Å². The number of aryl methyl sites for hydroxylation is 1. The average molecular weight is 458 g/mol. The summed E-state index contributed by atoms with van der Waals surface area (Å²) in [5, 5.41) is 16.8. The molecule has 1 heterocycles. The van der Waals surface area contributed by atoms with Gasteiger partial charge < -0.3 is 14.7 Å². The topological polar surface area (TPSA) is 64.3 Å². The molecule has 5 nitrogen and oxygen atoms in total. The van der Waals surface area contributed by atoms with Crippen LogP contribution >= 0.6 is 12.2 Å². The summed E-state index contributed by atoms with van der Waals surface area (Å²) in [5.74, 6) is 1.11. The quantitative estimate of drug-likeness (QED) is 0.190. The number of phenolic OH excluding ortho intramolecular Hbond substituents is 1. The molecule has 0 radical (unpaired) electrons. The number of ether oxygens (including phenoxy) is 1. The number of hydrogen-bond donors (Lipinski definition) is 3. The van der Waals surface area contributed by atoms with Gasteiger partial charge in [-0.15, -0.1) is 0 Å². The van der Waals surface area contributed by atoms with Gasteiger partial charge in [0.05, 0.1) is 18.5 Å². The maximum atomic E-state index is 10.6. The second-order valence-corrected chi connectivity index (χ2v) is 8.72. The van der Waals surface area contributed by atoms with Gasteiger partial charge in [-0.25, -0.2) is 0 Å². The van der Waals surface area contributed by atoms with E-state index in [1.807, 2.05) is 19.1 Å². The van der Waals surface area contributed by atoms with Crippen LogP contribution in [-0.2, 0) is 11.2 Å². The highest BCUT2D eigenvalue weighted by molar-refractivity contribution is 7.71. The molecule has 0 aliphatic carbocycles. The molecule has 0 saturated carbocycles. The van der Waals surface area contributed by atoms with Gasteiger partial charge in [0, 0.05) is 23.7 Å². The first-order valence-electron chi connectivity index (χ1n) is 11.6. The van der Waals surface area contributed by atoms with Crippen molar-refractivity contribution in [3.8, 4) is 17.0 Å². The number of allylic oxidation sites excluding steroid dienone is 3. The Labute approximate surface area is 198 Å². The lowest BCUT2D eigenvalue weighted by atomic mass is 9.98. The number of hydrogen-bond acceptors (Lipinski definition) is 4. The Kier molecular flexibility index (Phi) is 9.63. The maximum absolute atomic E-state index is 10.6. The van der Waals surface area contributed by atoms with Gasteiger partial charge in [0.25, 0.3) is 0 Å². The second-order valence-electron chi connectivity index (χ2n) is 8.31. The van der Waals surface area contributed by atoms with Crippen LogP contribution in [0.15, 0.2) is 35.7 Å². The lowest BCUT2D eigenvalue weighted by Crippen LogP contribution is -2.33. The molecule has 3 N–H and O–H groups in total. The zero-order valence-corrected chi connectivity index (χ0v) is 21.4. The van der Waals surface area contributed by atoms with Crippen LogP contribution in [0.4, 0.5) is 0 Å². The van der Waals surface area contributed by atoms with Crippen LogP contribution in [0.2, 0.25) is 0 Å². The fraction of sp³-hybridized carbons (Fsp3) is 0.500. The van der Waals surface area contributed by atoms with Crippen LogP contribution in [0.1, 0.15) is 71.9 Å². The Bertz CT molecular complexity index is 1020. The van der Waals surface area contributed by atoms with E-state index in [4.69, 9.17) is 17.0 Å². The zero-order valence-electron chi connectivity index (χ0n) is 20.6. The van der Waals surface area contributed by atoms with E-state index in [1.54, 1.807) is 13.2 Å². The lowest BCUT2D eigenvalue weighted by molar-refractivity contribution is 0.226. The Hall–Kier alpha value is -2.47. The number of aromatic hydroxyl groups is 1. The average Bonchev–Trinajstić information content (AvgIpc) is 3.18.